The minimum atomic E-state index is -1.06. The minimum absolute atomic E-state index is 0.156. The first-order valence-electron chi connectivity index (χ1n) is 7.06. The Kier molecular flexibility index (Phi) is 5.67. The molecule has 0 unspecified atom stereocenters. The van der Waals surface area contributed by atoms with E-state index < -0.39 is 12.6 Å². The van der Waals surface area contributed by atoms with Crippen molar-refractivity contribution in [2.45, 2.75) is 26.2 Å². The lowest BCUT2D eigenvalue weighted by Gasteiger charge is -2.07. The fraction of sp³-hybridized carbons (Fsp3) is 0.333. The predicted molar refractivity (Wildman–Crippen MR) is 80.2 cm³/mol. The molecule has 1 aromatic carbocycles. The number of carboxylic acids is 1. The van der Waals surface area contributed by atoms with E-state index in [4.69, 9.17) is 14.4 Å². The fourth-order valence-electron chi connectivity index (χ4n) is 1.87. The summed E-state index contributed by atoms with van der Waals surface area (Å²) in [5.41, 5.74) is 0.548. The first-order chi connectivity index (χ1) is 11.0. The van der Waals surface area contributed by atoms with Gasteiger partial charge in [0.05, 0.1) is 0 Å². The number of carbonyl (C=O) groups excluding carboxylic acids is 1. The second-order valence-electron chi connectivity index (χ2n) is 4.85. The van der Waals surface area contributed by atoms with Crippen LogP contribution in [0.1, 0.15) is 24.6 Å². The molecule has 0 atom stereocenters. The predicted octanol–water partition coefficient (Wildman–Crippen LogP) is 1.80. The number of carboxylic acid groups (broad SMARTS) is 1. The number of nitrogens with zero attached hydrogens (tertiary/aromatic N) is 2. The van der Waals surface area contributed by atoms with Crippen molar-refractivity contribution in [2.75, 3.05) is 11.9 Å². The van der Waals surface area contributed by atoms with Gasteiger partial charge in [-0.3, -0.25) is 4.79 Å². The van der Waals surface area contributed by atoms with E-state index in [1.165, 1.54) is 0 Å². The van der Waals surface area contributed by atoms with Gasteiger partial charge in [0, 0.05) is 24.6 Å². The molecule has 23 heavy (non-hydrogen) atoms. The summed E-state index contributed by atoms with van der Waals surface area (Å²) >= 11 is 0. The Morgan fingerprint density at radius 1 is 1.39 bits per heavy atom. The Morgan fingerprint density at radius 2 is 2.22 bits per heavy atom. The number of ether oxygens (including phenoxy) is 1. The third-order valence-electron chi connectivity index (χ3n) is 2.84. The Bertz CT molecular complexity index is 683. The highest BCUT2D eigenvalue weighted by Gasteiger charge is 2.07. The number of carbonyl (C=O) groups is 2. The van der Waals surface area contributed by atoms with Gasteiger partial charge in [-0.25, -0.2) is 4.79 Å². The molecule has 2 rings (SSSR count). The maximum atomic E-state index is 11.9. The molecule has 1 heterocycles. The van der Waals surface area contributed by atoms with Crippen LogP contribution in [-0.4, -0.2) is 33.7 Å². The number of benzene rings is 1. The third kappa shape index (κ3) is 5.77. The molecule has 1 amide bonds. The van der Waals surface area contributed by atoms with Crippen LogP contribution in [0, 0.1) is 6.92 Å². The van der Waals surface area contributed by atoms with Crippen LogP contribution in [-0.2, 0) is 16.0 Å². The number of hydrogen-bond acceptors (Lipinski definition) is 6. The minimum Gasteiger partial charge on any atom is -0.482 e. The summed E-state index contributed by atoms with van der Waals surface area (Å²) < 4.78 is 10.0. The molecule has 8 heteroatoms. The molecule has 1 aromatic heterocycles. The molecule has 2 N–H and O–H groups in total. The lowest BCUT2D eigenvalue weighted by atomic mass is 10.2. The van der Waals surface area contributed by atoms with E-state index in [-0.39, 0.29) is 5.91 Å². The van der Waals surface area contributed by atoms with Crippen molar-refractivity contribution in [1.29, 1.82) is 0 Å². The summed E-state index contributed by atoms with van der Waals surface area (Å²) in [7, 11) is 0. The van der Waals surface area contributed by atoms with Gasteiger partial charge in [-0.05, 0) is 25.5 Å². The van der Waals surface area contributed by atoms with Gasteiger partial charge in [-0.2, -0.15) is 4.98 Å². The third-order valence-corrected chi connectivity index (χ3v) is 2.84. The summed E-state index contributed by atoms with van der Waals surface area (Å²) in [5, 5.41) is 15.0. The van der Waals surface area contributed by atoms with Crippen LogP contribution in [0.15, 0.2) is 28.8 Å². The fourth-order valence-corrected chi connectivity index (χ4v) is 1.87. The van der Waals surface area contributed by atoms with Crippen molar-refractivity contribution >= 4 is 17.6 Å². The second-order valence-corrected chi connectivity index (χ2v) is 4.85. The van der Waals surface area contributed by atoms with E-state index in [1.807, 2.05) is 0 Å². The summed E-state index contributed by atoms with van der Waals surface area (Å²) in [4.78, 5) is 26.4. The van der Waals surface area contributed by atoms with Gasteiger partial charge in [-0.15, -0.1) is 0 Å². The number of rotatable bonds is 8. The van der Waals surface area contributed by atoms with E-state index in [1.54, 1.807) is 31.2 Å². The number of aliphatic carboxylic acids is 1. The number of amides is 1. The van der Waals surface area contributed by atoms with Gasteiger partial charge in [0.15, 0.2) is 12.4 Å². The molecule has 0 spiro atoms. The van der Waals surface area contributed by atoms with Gasteiger partial charge in [0.25, 0.3) is 0 Å². The van der Waals surface area contributed by atoms with E-state index >= 15 is 0 Å². The number of nitrogens with one attached hydrogen (secondary N) is 1. The quantitative estimate of drug-likeness (QED) is 0.762. The molecular weight excluding hydrogens is 302 g/mol. The molecule has 0 saturated heterocycles. The monoisotopic (exact) mass is 319 g/mol. The van der Waals surface area contributed by atoms with Crippen molar-refractivity contribution in [3.8, 4) is 5.75 Å². The molecule has 0 bridgehead atoms. The van der Waals surface area contributed by atoms with Crippen LogP contribution >= 0.6 is 0 Å². The zero-order valence-electron chi connectivity index (χ0n) is 12.6. The van der Waals surface area contributed by atoms with Gasteiger partial charge in [-0.1, -0.05) is 11.2 Å². The average molecular weight is 319 g/mol. The van der Waals surface area contributed by atoms with Crippen LogP contribution in [0.25, 0.3) is 0 Å². The van der Waals surface area contributed by atoms with Crippen LogP contribution in [0.2, 0.25) is 0 Å². The molecule has 0 saturated carbocycles. The number of aryl methyl sites for hydroxylation is 2. The Labute approximate surface area is 132 Å². The Morgan fingerprint density at radius 3 is 2.91 bits per heavy atom. The smallest absolute Gasteiger partial charge is 0.341 e. The SMILES string of the molecule is Cc1noc(CCCC(=O)Nc2cccc(OCC(=O)O)c2)n1. The van der Waals surface area contributed by atoms with Crippen LogP contribution in [0.3, 0.4) is 0 Å². The average Bonchev–Trinajstić information content (AvgIpc) is 2.91. The topological polar surface area (TPSA) is 115 Å². The normalized spacial score (nSPS) is 10.3. The van der Waals surface area contributed by atoms with Crippen molar-refractivity contribution in [2.24, 2.45) is 0 Å². The van der Waals surface area contributed by atoms with Crippen LogP contribution in [0.4, 0.5) is 5.69 Å². The second kappa shape index (κ2) is 7.92. The molecule has 0 aliphatic rings. The van der Waals surface area contributed by atoms with E-state index in [0.29, 0.717) is 42.4 Å². The lowest BCUT2D eigenvalue weighted by molar-refractivity contribution is -0.139. The van der Waals surface area contributed by atoms with Crippen molar-refractivity contribution in [3.63, 3.8) is 0 Å². The summed E-state index contributed by atoms with van der Waals surface area (Å²) in [5.74, 6) is 0.251. The highest BCUT2D eigenvalue weighted by Crippen LogP contribution is 2.17. The van der Waals surface area contributed by atoms with Crippen LogP contribution in [0.5, 0.6) is 5.75 Å². The highest BCUT2D eigenvalue weighted by atomic mass is 16.5. The molecule has 0 aliphatic heterocycles. The molecule has 0 fully saturated rings. The van der Waals surface area contributed by atoms with Gasteiger partial charge < -0.3 is 19.7 Å². The Balaban J connectivity index is 1.78. The van der Waals surface area contributed by atoms with Crippen molar-refractivity contribution in [1.82, 2.24) is 10.1 Å². The van der Waals surface area contributed by atoms with E-state index in [0.717, 1.165) is 0 Å². The lowest BCUT2D eigenvalue weighted by Crippen LogP contribution is -2.12. The van der Waals surface area contributed by atoms with E-state index in [2.05, 4.69) is 15.5 Å². The first kappa shape index (κ1) is 16.5. The van der Waals surface area contributed by atoms with Crippen molar-refractivity contribution in [3.05, 3.63) is 36.0 Å². The zero-order valence-corrected chi connectivity index (χ0v) is 12.6. The Hall–Kier alpha value is -2.90. The number of hydrogen-bond donors (Lipinski definition) is 2. The molecule has 8 nitrogen and oxygen atoms in total. The summed E-state index contributed by atoms with van der Waals surface area (Å²) in [6, 6.07) is 6.57. The number of anilines is 1. The first-order valence-corrected chi connectivity index (χ1v) is 7.06. The molecule has 122 valence electrons. The van der Waals surface area contributed by atoms with Gasteiger partial charge in [0.1, 0.15) is 5.75 Å². The maximum Gasteiger partial charge on any atom is 0.341 e. The van der Waals surface area contributed by atoms with Gasteiger partial charge in [0.2, 0.25) is 11.8 Å². The standard InChI is InChI=1S/C15H17N3O5/c1-10-16-14(23-18-10)7-3-6-13(19)17-11-4-2-5-12(8-11)22-9-15(20)21/h2,4-5,8H,3,6-7,9H2,1H3,(H,17,19)(H,20,21). The number of aromatic nitrogens is 2. The highest BCUT2D eigenvalue weighted by molar-refractivity contribution is 5.90. The van der Waals surface area contributed by atoms with Gasteiger partial charge >= 0.3 is 5.97 Å². The molecule has 2 aromatic rings. The summed E-state index contributed by atoms with van der Waals surface area (Å²) in [6.45, 7) is 1.31. The largest absolute Gasteiger partial charge is 0.482 e. The van der Waals surface area contributed by atoms with E-state index in [9.17, 15) is 9.59 Å². The molecule has 0 aliphatic carbocycles. The van der Waals surface area contributed by atoms with Crippen LogP contribution < -0.4 is 10.1 Å². The maximum absolute atomic E-state index is 11.9. The zero-order chi connectivity index (χ0) is 16.7. The molecule has 0 radical (unpaired) electrons. The molecular formula is C15H17N3O5. The van der Waals surface area contributed by atoms with Crippen molar-refractivity contribution < 1.29 is 24.0 Å². The summed E-state index contributed by atoms with van der Waals surface area (Å²) in [6.07, 6.45) is 1.43.